The molecule has 0 saturated carbocycles. The monoisotopic (exact) mass is 296 g/mol. The number of amides is 1. The van der Waals surface area contributed by atoms with E-state index in [0.717, 1.165) is 26.3 Å². The normalized spacial score (nSPS) is 19.8. The number of hydrogen-bond acceptors (Lipinski definition) is 4. The smallest absolute Gasteiger partial charge is 0.222 e. The largest absolute Gasteiger partial charge is 0.379 e. The van der Waals surface area contributed by atoms with E-state index >= 15 is 0 Å². The summed E-state index contributed by atoms with van der Waals surface area (Å²) in [6.45, 7) is 9.34. The second-order valence-corrected chi connectivity index (χ2v) is 6.54. The van der Waals surface area contributed by atoms with Crippen LogP contribution in [0.2, 0.25) is 0 Å². The summed E-state index contributed by atoms with van der Waals surface area (Å²) in [4.78, 5) is 15.7. The number of ether oxygens (including phenoxy) is 1. The molecule has 0 aliphatic carbocycles. The Balaban J connectivity index is 2.11. The van der Waals surface area contributed by atoms with E-state index in [0.29, 0.717) is 0 Å². The zero-order valence-electron chi connectivity index (χ0n) is 12.5. The highest BCUT2D eigenvalue weighted by atomic mass is 32.1. The Kier molecular flexibility index (Phi) is 5.57. The first kappa shape index (κ1) is 15.5. The molecule has 2 atom stereocenters. The SMILES string of the molecule is CC(C)C(=O)N[C@H](C)[C@@H](c1cccs1)N1CCOCC1. The zero-order valence-corrected chi connectivity index (χ0v) is 13.3. The van der Waals surface area contributed by atoms with Gasteiger partial charge in [-0.15, -0.1) is 11.3 Å². The van der Waals surface area contributed by atoms with Gasteiger partial charge in [0.1, 0.15) is 0 Å². The lowest BCUT2D eigenvalue weighted by molar-refractivity contribution is -0.125. The molecule has 1 aromatic rings. The average molecular weight is 296 g/mol. The molecule has 0 radical (unpaired) electrons. The van der Waals surface area contributed by atoms with Gasteiger partial charge in [-0.05, 0) is 18.4 Å². The summed E-state index contributed by atoms with van der Waals surface area (Å²) in [6.07, 6.45) is 0. The molecule has 0 unspecified atom stereocenters. The number of morpholine rings is 1. The molecule has 1 aliphatic rings. The first-order valence-corrected chi connectivity index (χ1v) is 8.13. The number of carbonyl (C=O) groups is 1. The molecule has 0 bridgehead atoms. The molecule has 1 N–H and O–H groups in total. The maximum atomic E-state index is 12.0. The van der Waals surface area contributed by atoms with E-state index in [1.54, 1.807) is 11.3 Å². The predicted molar refractivity (Wildman–Crippen MR) is 81.9 cm³/mol. The fraction of sp³-hybridized carbons (Fsp3) is 0.667. The van der Waals surface area contributed by atoms with Crippen LogP contribution in [0.25, 0.3) is 0 Å². The Morgan fingerprint density at radius 1 is 1.35 bits per heavy atom. The van der Waals surface area contributed by atoms with Gasteiger partial charge >= 0.3 is 0 Å². The van der Waals surface area contributed by atoms with Crippen LogP contribution in [-0.2, 0) is 9.53 Å². The van der Waals surface area contributed by atoms with Crippen LogP contribution in [0.5, 0.6) is 0 Å². The molecule has 1 aliphatic heterocycles. The molecular formula is C15H24N2O2S. The van der Waals surface area contributed by atoms with Crippen molar-refractivity contribution < 1.29 is 9.53 Å². The van der Waals surface area contributed by atoms with Gasteiger partial charge in [-0.2, -0.15) is 0 Å². The minimum Gasteiger partial charge on any atom is -0.379 e. The highest BCUT2D eigenvalue weighted by Gasteiger charge is 2.29. The minimum atomic E-state index is 0.0196. The molecule has 1 amide bonds. The van der Waals surface area contributed by atoms with Crippen molar-refractivity contribution in [2.75, 3.05) is 26.3 Å². The molecular weight excluding hydrogens is 272 g/mol. The number of nitrogens with one attached hydrogen (secondary N) is 1. The van der Waals surface area contributed by atoms with Crippen molar-refractivity contribution in [2.24, 2.45) is 5.92 Å². The lowest BCUT2D eigenvalue weighted by Crippen LogP contribution is -2.48. The highest BCUT2D eigenvalue weighted by molar-refractivity contribution is 7.10. The summed E-state index contributed by atoms with van der Waals surface area (Å²) in [5.41, 5.74) is 0. The maximum Gasteiger partial charge on any atom is 0.222 e. The number of carbonyl (C=O) groups excluding carboxylic acids is 1. The summed E-state index contributed by atoms with van der Waals surface area (Å²) in [5, 5.41) is 5.25. The average Bonchev–Trinajstić information content (AvgIpc) is 2.93. The summed E-state index contributed by atoms with van der Waals surface area (Å²) >= 11 is 1.75. The van der Waals surface area contributed by atoms with Crippen LogP contribution in [0, 0.1) is 5.92 Å². The van der Waals surface area contributed by atoms with Gasteiger partial charge in [0, 0.05) is 29.9 Å². The van der Waals surface area contributed by atoms with Crippen molar-refractivity contribution in [3.8, 4) is 0 Å². The van der Waals surface area contributed by atoms with E-state index in [-0.39, 0.29) is 23.9 Å². The number of nitrogens with zero attached hydrogens (tertiary/aromatic N) is 1. The van der Waals surface area contributed by atoms with Gasteiger partial charge in [-0.1, -0.05) is 19.9 Å². The molecule has 0 aromatic carbocycles. The number of hydrogen-bond donors (Lipinski definition) is 1. The molecule has 1 fully saturated rings. The van der Waals surface area contributed by atoms with Crippen molar-refractivity contribution in [1.82, 2.24) is 10.2 Å². The Hall–Kier alpha value is -0.910. The van der Waals surface area contributed by atoms with E-state index in [1.807, 2.05) is 13.8 Å². The molecule has 20 heavy (non-hydrogen) atoms. The third kappa shape index (κ3) is 3.81. The molecule has 2 heterocycles. The first-order chi connectivity index (χ1) is 9.59. The van der Waals surface area contributed by atoms with Crippen LogP contribution in [0.3, 0.4) is 0 Å². The van der Waals surface area contributed by atoms with Crippen molar-refractivity contribution >= 4 is 17.2 Å². The lowest BCUT2D eigenvalue weighted by atomic mass is 10.0. The van der Waals surface area contributed by atoms with Crippen LogP contribution >= 0.6 is 11.3 Å². The van der Waals surface area contributed by atoms with Crippen LogP contribution in [0.15, 0.2) is 17.5 Å². The second kappa shape index (κ2) is 7.20. The van der Waals surface area contributed by atoms with Gasteiger partial charge in [0.25, 0.3) is 0 Å². The molecule has 4 nitrogen and oxygen atoms in total. The zero-order chi connectivity index (χ0) is 14.5. The van der Waals surface area contributed by atoms with Gasteiger partial charge in [0.05, 0.1) is 19.3 Å². The molecule has 0 spiro atoms. The van der Waals surface area contributed by atoms with Crippen molar-refractivity contribution in [1.29, 1.82) is 0 Å². The Morgan fingerprint density at radius 3 is 2.60 bits per heavy atom. The molecule has 1 saturated heterocycles. The number of rotatable bonds is 5. The van der Waals surface area contributed by atoms with E-state index < -0.39 is 0 Å². The topological polar surface area (TPSA) is 41.6 Å². The lowest BCUT2D eigenvalue weighted by Gasteiger charge is -2.37. The van der Waals surface area contributed by atoms with Gasteiger partial charge in [-0.3, -0.25) is 9.69 Å². The van der Waals surface area contributed by atoms with Crippen LogP contribution < -0.4 is 5.32 Å². The number of thiophene rings is 1. The van der Waals surface area contributed by atoms with Gasteiger partial charge in [-0.25, -0.2) is 0 Å². The van der Waals surface area contributed by atoms with E-state index in [1.165, 1.54) is 4.88 Å². The minimum absolute atomic E-state index is 0.0196. The first-order valence-electron chi connectivity index (χ1n) is 7.25. The Labute approximate surface area is 125 Å². The van der Waals surface area contributed by atoms with Crippen LogP contribution in [-0.4, -0.2) is 43.2 Å². The summed E-state index contributed by atoms with van der Waals surface area (Å²) in [5.74, 6) is 0.137. The van der Waals surface area contributed by atoms with E-state index in [4.69, 9.17) is 4.74 Å². The van der Waals surface area contributed by atoms with Gasteiger partial charge in [0.15, 0.2) is 0 Å². The fourth-order valence-electron chi connectivity index (χ4n) is 2.53. The molecule has 5 heteroatoms. The Morgan fingerprint density at radius 2 is 2.05 bits per heavy atom. The van der Waals surface area contributed by atoms with Crippen molar-refractivity contribution in [3.63, 3.8) is 0 Å². The summed E-state index contributed by atoms with van der Waals surface area (Å²) in [6, 6.07) is 4.57. The van der Waals surface area contributed by atoms with Crippen molar-refractivity contribution in [3.05, 3.63) is 22.4 Å². The third-order valence-electron chi connectivity index (χ3n) is 3.64. The van der Waals surface area contributed by atoms with Crippen LogP contribution in [0.4, 0.5) is 0 Å². The second-order valence-electron chi connectivity index (χ2n) is 5.56. The molecule has 1 aromatic heterocycles. The Bertz CT molecular complexity index is 414. The van der Waals surface area contributed by atoms with Gasteiger partial charge < -0.3 is 10.1 Å². The fourth-order valence-corrected chi connectivity index (χ4v) is 3.49. The van der Waals surface area contributed by atoms with E-state index in [2.05, 4.69) is 34.7 Å². The third-order valence-corrected chi connectivity index (χ3v) is 4.58. The van der Waals surface area contributed by atoms with Crippen LogP contribution in [0.1, 0.15) is 31.7 Å². The summed E-state index contributed by atoms with van der Waals surface area (Å²) < 4.78 is 5.44. The maximum absolute atomic E-state index is 12.0. The standard InChI is InChI=1S/C15H24N2O2S/c1-11(2)15(18)16-12(3)14(13-5-4-10-20-13)17-6-8-19-9-7-17/h4-5,10-12,14H,6-9H2,1-3H3,(H,16,18)/t12-,14+/m1/s1. The summed E-state index contributed by atoms with van der Waals surface area (Å²) in [7, 11) is 0. The molecule has 112 valence electrons. The van der Waals surface area contributed by atoms with Crippen molar-refractivity contribution in [2.45, 2.75) is 32.9 Å². The quantitative estimate of drug-likeness (QED) is 0.906. The highest BCUT2D eigenvalue weighted by Crippen LogP contribution is 2.29. The molecule has 2 rings (SSSR count). The van der Waals surface area contributed by atoms with E-state index in [9.17, 15) is 4.79 Å². The predicted octanol–water partition coefficient (Wildman–Crippen LogP) is 2.28. The van der Waals surface area contributed by atoms with Gasteiger partial charge in [0.2, 0.25) is 5.91 Å².